The summed E-state index contributed by atoms with van der Waals surface area (Å²) in [7, 11) is 1.60. The molecule has 0 amide bonds. The second-order valence-corrected chi connectivity index (χ2v) is 6.90. The molecule has 0 aliphatic rings. The molecule has 1 N–H and O–H groups in total. The molecule has 2 aromatic carbocycles. The number of halogens is 1. The molecular weight excluding hydrogens is 371 g/mol. The highest BCUT2D eigenvalue weighted by molar-refractivity contribution is 7.71. The number of nitrogens with one attached hydrogen (secondary N) is 1. The van der Waals surface area contributed by atoms with Crippen LogP contribution in [0.2, 0.25) is 0 Å². The van der Waals surface area contributed by atoms with Crippen molar-refractivity contribution in [2.24, 2.45) is 0 Å². The maximum Gasteiger partial charge on any atom is 0.268 e. The van der Waals surface area contributed by atoms with E-state index in [0.717, 1.165) is 16.9 Å². The fraction of sp³-hybridized carbons (Fsp3) is 0.0526. The summed E-state index contributed by atoms with van der Waals surface area (Å²) < 4.78 is 20.4. The Morgan fingerprint density at radius 1 is 1.19 bits per heavy atom. The lowest BCUT2D eigenvalue weighted by Crippen LogP contribution is -2.20. The maximum atomic E-state index is 13.6. The van der Waals surface area contributed by atoms with E-state index in [-0.39, 0.29) is 10.3 Å². The van der Waals surface area contributed by atoms with Crippen LogP contribution in [0.4, 0.5) is 4.39 Å². The Morgan fingerprint density at radius 2 is 1.96 bits per heavy atom. The van der Waals surface area contributed by atoms with Gasteiger partial charge in [0.2, 0.25) is 0 Å². The highest BCUT2D eigenvalue weighted by Gasteiger charge is 2.15. The third-order valence-corrected chi connectivity index (χ3v) is 5.28. The van der Waals surface area contributed by atoms with E-state index in [1.54, 1.807) is 19.2 Å². The monoisotopic (exact) mass is 384 g/mol. The van der Waals surface area contributed by atoms with Crippen LogP contribution in [-0.2, 0) is 0 Å². The van der Waals surface area contributed by atoms with Crippen LogP contribution < -0.4 is 10.3 Å². The third kappa shape index (κ3) is 2.75. The van der Waals surface area contributed by atoms with Crippen molar-refractivity contribution in [2.75, 3.05) is 7.11 Å². The molecule has 0 aliphatic carbocycles. The topological polar surface area (TPSA) is 47.0 Å². The van der Waals surface area contributed by atoms with Crippen molar-refractivity contribution < 1.29 is 9.13 Å². The standard InChI is InChI=1S/C19H13FN2O2S2/c1-24-14-7-5-11(6-8-14)15-10-26-17-16(15)18(23)22(19(25)21-17)13-4-2-3-12(20)9-13/h2-10H,1H3,(H,21,25). The van der Waals surface area contributed by atoms with E-state index in [1.165, 1.54) is 28.0 Å². The number of fused-ring (bicyclic) bond motifs is 1. The van der Waals surface area contributed by atoms with Crippen LogP contribution in [0.1, 0.15) is 0 Å². The van der Waals surface area contributed by atoms with Crippen molar-refractivity contribution in [3.8, 4) is 22.6 Å². The fourth-order valence-electron chi connectivity index (χ4n) is 2.85. The number of methoxy groups -OCH3 is 1. The molecule has 26 heavy (non-hydrogen) atoms. The van der Waals surface area contributed by atoms with Gasteiger partial charge in [-0.15, -0.1) is 11.3 Å². The summed E-state index contributed by atoms with van der Waals surface area (Å²) in [6.45, 7) is 0. The van der Waals surface area contributed by atoms with Gasteiger partial charge in [-0.3, -0.25) is 9.36 Å². The molecule has 0 radical (unpaired) electrons. The number of H-pyrrole nitrogens is 1. The van der Waals surface area contributed by atoms with Crippen LogP contribution in [0.5, 0.6) is 5.75 Å². The van der Waals surface area contributed by atoms with Gasteiger partial charge in [-0.25, -0.2) is 4.39 Å². The average molecular weight is 384 g/mol. The zero-order chi connectivity index (χ0) is 18.3. The van der Waals surface area contributed by atoms with E-state index in [9.17, 15) is 9.18 Å². The Hall–Kier alpha value is -2.77. The highest BCUT2D eigenvalue weighted by Crippen LogP contribution is 2.32. The first-order valence-corrected chi connectivity index (χ1v) is 9.04. The molecule has 0 atom stereocenters. The lowest BCUT2D eigenvalue weighted by atomic mass is 10.1. The van der Waals surface area contributed by atoms with E-state index in [0.29, 0.717) is 15.9 Å². The quantitative estimate of drug-likeness (QED) is 0.510. The number of nitrogens with zero attached hydrogens (tertiary/aromatic N) is 1. The van der Waals surface area contributed by atoms with Gasteiger partial charge < -0.3 is 9.72 Å². The predicted octanol–water partition coefficient (Wildman–Crippen LogP) is 4.92. The van der Waals surface area contributed by atoms with Crippen LogP contribution in [0.3, 0.4) is 0 Å². The number of aromatic amines is 1. The molecule has 0 spiro atoms. The minimum atomic E-state index is -0.426. The molecule has 7 heteroatoms. The van der Waals surface area contributed by atoms with Gasteiger partial charge >= 0.3 is 0 Å². The lowest BCUT2D eigenvalue weighted by molar-refractivity contribution is 0.415. The van der Waals surface area contributed by atoms with Crippen molar-refractivity contribution in [1.82, 2.24) is 9.55 Å². The number of thiophene rings is 1. The minimum Gasteiger partial charge on any atom is -0.497 e. The second-order valence-electron chi connectivity index (χ2n) is 5.63. The van der Waals surface area contributed by atoms with Crippen molar-refractivity contribution in [3.05, 3.63) is 74.9 Å². The Balaban J connectivity index is 1.99. The number of rotatable bonds is 3. The van der Waals surface area contributed by atoms with Gasteiger partial charge in [0.1, 0.15) is 16.4 Å². The predicted molar refractivity (Wildman–Crippen MR) is 105 cm³/mol. The van der Waals surface area contributed by atoms with Gasteiger partial charge in [0.05, 0.1) is 18.2 Å². The molecule has 0 bridgehead atoms. The number of aromatic nitrogens is 2. The summed E-state index contributed by atoms with van der Waals surface area (Å²) in [6, 6.07) is 13.3. The van der Waals surface area contributed by atoms with Crippen molar-refractivity contribution in [3.63, 3.8) is 0 Å². The van der Waals surface area contributed by atoms with Crippen LogP contribution in [0, 0.1) is 10.6 Å². The second kappa shape index (κ2) is 6.51. The summed E-state index contributed by atoms with van der Waals surface area (Å²) in [5.74, 6) is 0.314. The molecular formula is C19H13FN2O2S2. The maximum absolute atomic E-state index is 13.6. The zero-order valence-corrected chi connectivity index (χ0v) is 15.3. The Bertz CT molecular complexity index is 1220. The lowest BCUT2D eigenvalue weighted by Gasteiger charge is -2.08. The largest absolute Gasteiger partial charge is 0.497 e. The van der Waals surface area contributed by atoms with Crippen molar-refractivity contribution in [2.45, 2.75) is 0 Å². The Morgan fingerprint density at radius 3 is 2.65 bits per heavy atom. The zero-order valence-electron chi connectivity index (χ0n) is 13.7. The van der Waals surface area contributed by atoms with Gasteiger partial charge in [0.15, 0.2) is 4.77 Å². The third-order valence-electron chi connectivity index (χ3n) is 4.10. The van der Waals surface area contributed by atoms with Gasteiger partial charge in [0, 0.05) is 10.9 Å². The average Bonchev–Trinajstić information content (AvgIpc) is 3.06. The molecule has 0 fully saturated rings. The summed E-state index contributed by atoms with van der Waals surface area (Å²) in [6.07, 6.45) is 0. The molecule has 0 aliphatic heterocycles. The van der Waals surface area contributed by atoms with E-state index in [2.05, 4.69) is 4.98 Å². The number of hydrogen-bond donors (Lipinski definition) is 1. The van der Waals surface area contributed by atoms with Crippen molar-refractivity contribution in [1.29, 1.82) is 0 Å². The Labute approximate surface area is 157 Å². The van der Waals surface area contributed by atoms with Gasteiger partial charge in [-0.2, -0.15) is 0 Å². The molecule has 2 heterocycles. The van der Waals surface area contributed by atoms with Gasteiger partial charge in [-0.05, 0) is 48.1 Å². The molecule has 2 aromatic heterocycles. The van der Waals surface area contributed by atoms with Crippen LogP contribution in [0.15, 0.2) is 58.7 Å². The summed E-state index contributed by atoms with van der Waals surface area (Å²) in [5, 5.41) is 2.44. The molecule has 130 valence electrons. The summed E-state index contributed by atoms with van der Waals surface area (Å²) in [5.41, 5.74) is 1.81. The first-order chi connectivity index (χ1) is 12.6. The highest BCUT2D eigenvalue weighted by atomic mass is 32.1. The molecule has 4 aromatic rings. The van der Waals surface area contributed by atoms with Gasteiger partial charge in [-0.1, -0.05) is 18.2 Å². The van der Waals surface area contributed by atoms with Gasteiger partial charge in [0.25, 0.3) is 5.56 Å². The first-order valence-electron chi connectivity index (χ1n) is 7.75. The number of hydrogen-bond acceptors (Lipinski definition) is 4. The molecule has 0 saturated carbocycles. The summed E-state index contributed by atoms with van der Waals surface area (Å²) >= 11 is 6.74. The molecule has 0 unspecified atom stereocenters. The molecule has 4 rings (SSSR count). The SMILES string of the molecule is COc1ccc(-c2csc3[nH]c(=S)n(-c4cccc(F)c4)c(=O)c23)cc1. The van der Waals surface area contributed by atoms with Crippen LogP contribution in [0.25, 0.3) is 27.0 Å². The number of ether oxygens (including phenoxy) is 1. The Kier molecular flexibility index (Phi) is 4.18. The van der Waals surface area contributed by atoms with Crippen LogP contribution >= 0.6 is 23.6 Å². The first kappa shape index (κ1) is 16.7. The molecule has 0 saturated heterocycles. The minimum absolute atomic E-state index is 0.233. The van der Waals surface area contributed by atoms with E-state index in [4.69, 9.17) is 17.0 Å². The molecule has 4 nitrogen and oxygen atoms in total. The van der Waals surface area contributed by atoms with E-state index in [1.807, 2.05) is 29.6 Å². The van der Waals surface area contributed by atoms with E-state index < -0.39 is 5.82 Å². The number of benzene rings is 2. The van der Waals surface area contributed by atoms with Crippen LogP contribution in [-0.4, -0.2) is 16.7 Å². The fourth-order valence-corrected chi connectivity index (χ4v) is 4.17. The summed E-state index contributed by atoms with van der Waals surface area (Å²) in [4.78, 5) is 16.9. The van der Waals surface area contributed by atoms with Crippen molar-refractivity contribution >= 4 is 33.8 Å². The smallest absolute Gasteiger partial charge is 0.268 e. The normalized spacial score (nSPS) is 11.0. The van der Waals surface area contributed by atoms with E-state index >= 15 is 0 Å².